The number of nitrogens with one attached hydrogen (secondary N) is 1. The van der Waals surface area contributed by atoms with Gasteiger partial charge < -0.3 is 9.84 Å². The largest absolute Gasteiger partial charge is 0.495 e. The first-order valence-electron chi connectivity index (χ1n) is 5.29. The molecule has 0 spiro atoms. The van der Waals surface area contributed by atoms with E-state index in [1.165, 1.54) is 20.1 Å². The monoisotopic (exact) mass is 293 g/mol. The highest BCUT2D eigenvalue weighted by Crippen LogP contribution is 2.29. The average Bonchev–Trinajstić information content (AvgIpc) is 2.29. The molecular weight excluding hydrogens is 278 g/mol. The van der Waals surface area contributed by atoms with Crippen molar-refractivity contribution in [2.75, 3.05) is 13.7 Å². The minimum atomic E-state index is -3.76. The van der Waals surface area contributed by atoms with Gasteiger partial charge >= 0.3 is 0 Å². The molecule has 7 heteroatoms. The van der Waals surface area contributed by atoms with E-state index in [2.05, 4.69) is 4.72 Å². The highest BCUT2D eigenvalue weighted by molar-refractivity contribution is 7.89. The van der Waals surface area contributed by atoms with E-state index in [-0.39, 0.29) is 17.2 Å². The van der Waals surface area contributed by atoms with Crippen molar-refractivity contribution in [1.29, 1.82) is 0 Å². The lowest BCUT2D eigenvalue weighted by molar-refractivity contribution is 0.198. The predicted octanol–water partition coefficient (Wildman–Crippen LogP) is 1.32. The van der Waals surface area contributed by atoms with Crippen molar-refractivity contribution in [3.63, 3.8) is 0 Å². The number of sulfonamides is 1. The third-order valence-electron chi connectivity index (χ3n) is 2.30. The summed E-state index contributed by atoms with van der Waals surface area (Å²) >= 11 is 5.91. The van der Waals surface area contributed by atoms with E-state index in [1.54, 1.807) is 13.0 Å². The standard InChI is InChI=1S/C11H16ClNO4S/c1-7-4-10(17-3)11(5-9(7)12)18(15,16)13-6-8(2)14/h4-5,8,13-14H,6H2,1-3H3/t8-/m0/s1. The van der Waals surface area contributed by atoms with Gasteiger partial charge in [0, 0.05) is 11.6 Å². The molecule has 0 aliphatic heterocycles. The van der Waals surface area contributed by atoms with Crippen molar-refractivity contribution < 1.29 is 18.3 Å². The maximum Gasteiger partial charge on any atom is 0.244 e. The molecule has 0 saturated heterocycles. The van der Waals surface area contributed by atoms with Crippen LogP contribution < -0.4 is 9.46 Å². The Balaban J connectivity index is 3.19. The summed E-state index contributed by atoms with van der Waals surface area (Å²) < 4.78 is 31.4. The maximum absolute atomic E-state index is 12.0. The zero-order chi connectivity index (χ0) is 13.9. The lowest BCUT2D eigenvalue weighted by atomic mass is 10.2. The lowest BCUT2D eigenvalue weighted by Crippen LogP contribution is -2.30. The summed E-state index contributed by atoms with van der Waals surface area (Å²) in [4.78, 5) is -0.0405. The van der Waals surface area contributed by atoms with Gasteiger partial charge in [0.15, 0.2) is 0 Å². The molecule has 0 heterocycles. The van der Waals surface area contributed by atoms with Crippen molar-refractivity contribution in [1.82, 2.24) is 4.72 Å². The van der Waals surface area contributed by atoms with Crippen LogP contribution in [0.3, 0.4) is 0 Å². The molecule has 0 amide bonds. The van der Waals surface area contributed by atoms with Crippen molar-refractivity contribution in [3.05, 3.63) is 22.7 Å². The van der Waals surface area contributed by atoms with E-state index in [9.17, 15) is 8.42 Å². The fraction of sp³-hybridized carbons (Fsp3) is 0.455. The summed E-state index contributed by atoms with van der Waals surface area (Å²) in [6.45, 7) is 3.17. The molecule has 102 valence electrons. The zero-order valence-electron chi connectivity index (χ0n) is 10.4. The van der Waals surface area contributed by atoms with Gasteiger partial charge in [-0.1, -0.05) is 11.6 Å². The maximum atomic E-state index is 12.0. The molecule has 1 aromatic carbocycles. The van der Waals surface area contributed by atoms with Crippen molar-refractivity contribution in [2.24, 2.45) is 0 Å². The van der Waals surface area contributed by atoms with E-state index >= 15 is 0 Å². The van der Waals surface area contributed by atoms with Crippen molar-refractivity contribution in [2.45, 2.75) is 24.8 Å². The Morgan fingerprint density at radius 3 is 2.61 bits per heavy atom. The number of halogens is 1. The summed E-state index contributed by atoms with van der Waals surface area (Å²) in [6, 6.07) is 2.89. The molecule has 0 bridgehead atoms. The number of hydrogen-bond donors (Lipinski definition) is 2. The molecular formula is C11H16ClNO4S. The van der Waals surface area contributed by atoms with Crippen LogP contribution in [-0.4, -0.2) is 33.3 Å². The number of rotatable bonds is 5. The summed E-state index contributed by atoms with van der Waals surface area (Å²) in [6.07, 6.45) is -0.772. The van der Waals surface area contributed by atoms with Gasteiger partial charge in [0.1, 0.15) is 10.6 Å². The highest BCUT2D eigenvalue weighted by atomic mass is 35.5. The van der Waals surface area contributed by atoms with E-state index < -0.39 is 16.1 Å². The second kappa shape index (κ2) is 5.88. The fourth-order valence-electron chi connectivity index (χ4n) is 1.31. The normalized spacial score (nSPS) is 13.4. The van der Waals surface area contributed by atoms with Crippen LogP contribution in [-0.2, 0) is 10.0 Å². The van der Waals surface area contributed by atoms with Gasteiger partial charge in [-0.05, 0) is 31.5 Å². The highest BCUT2D eigenvalue weighted by Gasteiger charge is 2.21. The van der Waals surface area contributed by atoms with Gasteiger partial charge in [-0.25, -0.2) is 13.1 Å². The quantitative estimate of drug-likeness (QED) is 0.858. The van der Waals surface area contributed by atoms with Gasteiger partial charge in [-0.3, -0.25) is 0 Å². The van der Waals surface area contributed by atoms with Gasteiger partial charge in [-0.2, -0.15) is 0 Å². The first-order chi connectivity index (χ1) is 8.27. The SMILES string of the molecule is COc1cc(C)c(Cl)cc1S(=O)(=O)NC[C@H](C)O. The number of aliphatic hydroxyl groups is 1. The van der Waals surface area contributed by atoms with Gasteiger partial charge in [0.25, 0.3) is 0 Å². The van der Waals surface area contributed by atoms with Gasteiger partial charge in [-0.15, -0.1) is 0 Å². The van der Waals surface area contributed by atoms with E-state index in [0.29, 0.717) is 5.02 Å². The molecule has 0 aliphatic carbocycles. The Morgan fingerprint density at radius 2 is 2.11 bits per heavy atom. The Hall–Kier alpha value is -0.820. The molecule has 1 atom stereocenters. The van der Waals surface area contributed by atoms with Crippen LogP contribution in [0.15, 0.2) is 17.0 Å². The molecule has 5 nitrogen and oxygen atoms in total. The molecule has 0 saturated carbocycles. The van der Waals surface area contributed by atoms with Crippen LogP contribution in [0.2, 0.25) is 5.02 Å². The van der Waals surface area contributed by atoms with Crippen LogP contribution >= 0.6 is 11.6 Å². The smallest absolute Gasteiger partial charge is 0.244 e. The Labute approximate surface area is 112 Å². The van der Waals surface area contributed by atoms with Crippen molar-refractivity contribution in [3.8, 4) is 5.75 Å². The molecule has 0 aliphatic rings. The molecule has 0 aromatic heterocycles. The average molecular weight is 294 g/mol. The van der Waals surface area contributed by atoms with Gasteiger partial charge in [0.05, 0.1) is 13.2 Å². The molecule has 1 rings (SSSR count). The van der Waals surface area contributed by atoms with Gasteiger partial charge in [0.2, 0.25) is 10.0 Å². The summed E-state index contributed by atoms with van der Waals surface area (Å²) in [7, 11) is -2.37. The Kier molecular flexibility index (Phi) is 4.98. The van der Waals surface area contributed by atoms with Crippen LogP contribution in [0.4, 0.5) is 0 Å². The first-order valence-corrected chi connectivity index (χ1v) is 7.16. The molecule has 18 heavy (non-hydrogen) atoms. The summed E-state index contributed by atoms with van der Waals surface area (Å²) in [5.74, 6) is 0.218. The summed E-state index contributed by atoms with van der Waals surface area (Å²) in [5, 5.41) is 9.44. The Bertz CT molecular complexity index is 528. The number of methoxy groups -OCH3 is 1. The summed E-state index contributed by atoms with van der Waals surface area (Å²) in [5.41, 5.74) is 0.725. The van der Waals surface area contributed by atoms with E-state index in [4.69, 9.17) is 21.4 Å². The number of hydrogen-bond acceptors (Lipinski definition) is 4. The van der Waals surface area contributed by atoms with Crippen LogP contribution in [0.5, 0.6) is 5.75 Å². The molecule has 2 N–H and O–H groups in total. The number of ether oxygens (including phenoxy) is 1. The molecule has 0 unspecified atom stereocenters. The third-order valence-corrected chi connectivity index (χ3v) is 4.16. The van der Waals surface area contributed by atoms with Crippen LogP contribution in [0.25, 0.3) is 0 Å². The molecule has 0 radical (unpaired) electrons. The first kappa shape index (κ1) is 15.2. The topological polar surface area (TPSA) is 75.6 Å². The fourth-order valence-corrected chi connectivity index (χ4v) is 2.84. The second-order valence-corrected chi connectivity index (χ2v) is 6.10. The lowest BCUT2D eigenvalue weighted by Gasteiger charge is -2.13. The number of benzene rings is 1. The second-order valence-electron chi connectivity index (χ2n) is 3.95. The minimum Gasteiger partial charge on any atom is -0.495 e. The van der Waals surface area contributed by atoms with Crippen LogP contribution in [0, 0.1) is 6.92 Å². The number of aryl methyl sites for hydroxylation is 1. The van der Waals surface area contributed by atoms with Crippen molar-refractivity contribution >= 4 is 21.6 Å². The minimum absolute atomic E-state index is 0.0405. The van der Waals surface area contributed by atoms with Crippen LogP contribution in [0.1, 0.15) is 12.5 Å². The molecule has 1 aromatic rings. The zero-order valence-corrected chi connectivity index (χ0v) is 12.0. The van der Waals surface area contributed by atoms with E-state index in [1.807, 2.05) is 0 Å². The molecule has 0 fully saturated rings. The number of aliphatic hydroxyl groups excluding tert-OH is 1. The Morgan fingerprint density at radius 1 is 1.50 bits per heavy atom. The predicted molar refractivity (Wildman–Crippen MR) is 69.6 cm³/mol. The van der Waals surface area contributed by atoms with E-state index in [0.717, 1.165) is 5.56 Å². The third kappa shape index (κ3) is 3.58.